The first-order chi connectivity index (χ1) is 8.80. The summed E-state index contributed by atoms with van der Waals surface area (Å²) in [6.45, 7) is 2.96. The molecule has 104 valence electrons. The molecule has 1 rings (SSSR count). The van der Waals surface area contributed by atoms with Crippen LogP contribution in [0.3, 0.4) is 0 Å². The average molecular weight is 282 g/mol. The second-order valence-electron chi connectivity index (χ2n) is 4.55. The van der Waals surface area contributed by atoms with Gasteiger partial charge in [0.25, 0.3) is 0 Å². The molecule has 1 aromatic rings. The monoisotopic (exact) mass is 282 g/mol. The quantitative estimate of drug-likeness (QED) is 0.833. The molecule has 0 radical (unpaired) electrons. The topological polar surface area (TPSA) is 69.6 Å². The molecule has 19 heavy (non-hydrogen) atoms. The van der Waals surface area contributed by atoms with E-state index in [-0.39, 0.29) is 0 Å². The van der Waals surface area contributed by atoms with Gasteiger partial charge < -0.3 is 15.3 Å². The van der Waals surface area contributed by atoms with Crippen molar-refractivity contribution in [1.82, 2.24) is 4.90 Å². The summed E-state index contributed by atoms with van der Waals surface area (Å²) in [5.41, 5.74) is -0.591. The molecular weight excluding hydrogens is 264 g/mol. The zero-order valence-corrected chi connectivity index (χ0v) is 12.2. The third-order valence-electron chi connectivity index (χ3n) is 3.02. The van der Waals surface area contributed by atoms with Crippen molar-refractivity contribution in [2.45, 2.75) is 24.3 Å². The van der Waals surface area contributed by atoms with E-state index in [9.17, 15) is 9.59 Å². The van der Waals surface area contributed by atoms with Crippen LogP contribution in [0.2, 0.25) is 0 Å². The van der Waals surface area contributed by atoms with E-state index in [2.05, 4.69) is 5.32 Å². The third-order valence-corrected chi connectivity index (χ3v) is 3.81. The van der Waals surface area contributed by atoms with Gasteiger partial charge in [0, 0.05) is 11.9 Å². The van der Waals surface area contributed by atoms with E-state index in [1.54, 1.807) is 6.07 Å². The summed E-state index contributed by atoms with van der Waals surface area (Å²) in [5.74, 6) is -1.05. The molecule has 6 heteroatoms. The Bertz CT molecular complexity index is 489. The van der Waals surface area contributed by atoms with E-state index >= 15 is 0 Å². The number of carbonyl (C=O) groups excluding carboxylic acids is 1. The fourth-order valence-electron chi connectivity index (χ4n) is 1.34. The van der Waals surface area contributed by atoms with Gasteiger partial charge in [0.2, 0.25) is 0 Å². The fraction of sp³-hybridized carbons (Fsp3) is 0.385. The minimum absolute atomic E-state index is 0.450. The van der Waals surface area contributed by atoms with Crippen LogP contribution in [0.5, 0.6) is 0 Å². The first kappa shape index (κ1) is 15.4. The van der Waals surface area contributed by atoms with Crippen LogP contribution in [0.15, 0.2) is 29.2 Å². The van der Waals surface area contributed by atoms with Gasteiger partial charge in [0.15, 0.2) is 0 Å². The number of aliphatic carboxylic acids is 1. The minimum Gasteiger partial charge on any atom is -0.480 e. The molecule has 0 heterocycles. The molecule has 0 fully saturated rings. The highest BCUT2D eigenvalue weighted by Gasteiger charge is 2.35. The Morgan fingerprint density at radius 3 is 2.42 bits per heavy atom. The summed E-state index contributed by atoms with van der Waals surface area (Å²) in [6.07, 6.45) is 1.91. The van der Waals surface area contributed by atoms with Crippen LogP contribution in [0.1, 0.15) is 13.8 Å². The highest BCUT2D eigenvalue weighted by atomic mass is 32.2. The minimum atomic E-state index is -1.27. The van der Waals surface area contributed by atoms with Gasteiger partial charge in [0.05, 0.1) is 5.69 Å². The molecule has 5 nitrogen and oxygen atoms in total. The number of carboxylic acids is 1. The Morgan fingerprint density at radius 1 is 1.32 bits per heavy atom. The number of para-hydroxylation sites is 1. The summed E-state index contributed by atoms with van der Waals surface area (Å²) in [4.78, 5) is 25.3. The Labute approximate surface area is 117 Å². The van der Waals surface area contributed by atoms with Gasteiger partial charge in [-0.05, 0) is 32.2 Å². The van der Waals surface area contributed by atoms with E-state index in [1.807, 2.05) is 24.5 Å². The van der Waals surface area contributed by atoms with Crippen LogP contribution in [0.25, 0.3) is 0 Å². The van der Waals surface area contributed by atoms with Gasteiger partial charge in [-0.3, -0.25) is 0 Å². The van der Waals surface area contributed by atoms with Crippen molar-refractivity contribution < 1.29 is 14.7 Å². The maximum absolute atomic E-state index is 12.1. The number of carboxylic acid groups (broad SMARTS) is 1. The number of hydrogen-bond donors (Lipinski definition) is 2. The molecule has 0 saturated carbocycles. The molecule has 2 N–H and O–H groups in total. The highest BCUT2D eigenvalue weighted by molar-refractivity contribution is 7.98. The van der Waals surface area contributed by atoms with Crippen LogP contribution < -0.4 is 5.32 Å². The number of benzene rings is 1. The molecule has 0 bridgehead atoms. The number of amides is 2. The highest BCUT2D eigenvalue weighted by Crippen LogP contribution is 2.25. The zero-order valence-electron chi connectivity index (χ0n) is 11.4. The van der Waals surface area contributed by atoms with Gasteiger partial charge in [-0.25, -0.2) is 9.59 Å². The van der Waals surface area contributed by atoms with E-state index in [0.717, 1.165) is 4.90 Å². The number of hydrogen-bond acceptors (Lipinski definition) is 3. The number of carbonyl (C=O) groups is 2. The number of rotatable bonds is 4. The van der Waals surface area contributed by atoms with Crippen molar-refractivity contribution in [2.75, 3.05) is 18.6 Å². The van der Waals surface area contributed by atoms with Crippen molar-refractivity contribution in [1.29, 1.82) is 0 Å². The number of likely N-dealkylation sites (N-methyl/N-ethyl adjacent to an activating group) is 1. The molecule has 0 atom stereocenters. The average Bonchev–Trinajstić information content (AvgIpc) is 2.38. The van der Waals surface area contributed by atoms with Crippen molar-refractivity contribution in [3.63, 3.8) is 0 Å². The van der Waals surface area contributed by atoms with Gasteiger partial charge in [-0.15, -0.1) is 11.8 Å². The second kappa shape index (κ2) is 5.97. The van der Waals surface area contributed by atoms with Crippen LogP contribution in [-0.2, 0) is 4.79 Å². The van der Waals surface area contributed by atoms with Crippen LogP contribution in [-0.4, -0.2) is 40.8 Å². The maximum atomic E-state index is 12.1. The Balaban J connectivity index is 2.88. The lowest BCUT2D eigenvalue weighted by Crippen LogP contribution is -2.52. The Kier molecular flexibility index (Phi) is 4.83. The number of anilines is 1. The molecule has 0 aliphatic carbocycles. The lowest BCUT2D eigenvalue weighted by molar-refractivity contribution is -0.146. The third kappa shape index (κ3) is 3.41. The maximum Gasteiger partial charge on any atom is 0.329 e. The summed E-state index contributed by atoms with van der Waals surface area (Å²) in [5, 5.41) is 11.8. The second-order valence-corrected chi connectivity index (χ2v) is 5.40. The van der Waals surface area contributed by atoms with Crippen molar-refractivity contribution >= 4 is 29.4 Å². The molecule has 0 unspecified atom stereocenters. The van der Waals surface area contributed by atoms with Crippen LogP contribution in [0.4, 0.5) is 10.5 Å². The van der Waals surface area contributed by atoms with Crippen molar-refractivity contribution in [3.8, 4) is 0 Å². The number of nitrogens with one attached hydrogen (secondary N) is 1. The predicted molar refractivity (Wildman–Crippen MR) is 76.7 cm³/mol. The van der Waals surface area contributed by atoms with Crippen molar-refractivity contribution in [3.05, 3.63) is 24.3 Å². The van der Waals surface area contributed by atoms with E-state index in [1.165, 1.54) is 37.6 Å². The molecular formula is C13H18N2O3S. The van der Waals surface area contributed by atoms with Gasteiger partial charge in [-0.2, -0.15) is 0 Å². The predicted octanol–water partition coefficient (Wildman–Crippen LogP) is 2.74. The normalized spacial score (nSPS) is 10.9. The number of nitrogens with zero attached hydrogens (tertiary/aromatic N) is 1. The largest absolute Gasteiger partial charge is 0.480 e. The molecule has 0 aromatic heterocycles. The lowest BCUT2D eigenvalue weighted by atomic mass is 10.1. The lowest BCUT2D eigenvalue weighted by Gasteiger charge is -2.31. The molecule has 0 aliphatic rings. The number of thioether (sulfide) groups is 1. The Morgan fingerprint density at radius 2 is 1.89 bits per heavy atom. The fourth-order valence-corrected chi connectivity index (χ4v) is 1.90. The van der Waals surface area contributed by atoms with Gasteiger partial charge in [-0.1, -0.05) is 12.1 Å². The summed E-state index contributed by atoms with van der Waals surface area (Å²) in [6, 6.07) is 6.92. The summed E-state index contributed by atoms with van der Waals surface area (Å²) < 4.78 is 0. The smallest absolute Gasteiger partial charge is 0.329 e. The molecule has 1 aromatic carbocycles. The Hall–Kier alpha value is -1.69. The van der Waals surface area contributed by atoms with Crippen LogP contribution in [0, 0.1) is 0 Å². The van der Waals surface area contributed by atoms with Gasteiger partial charge in [0.1, 0.15) is 5.54 Å². The first-order valence-corrected chi connectivity index (χ1v) is 6.94. The molecule has 0 saturated heterocycles. The first-order valence-electron chi connectivity index (χ1n) is 5.72. The molecule has 0 aliphatic heterocycles. The van der Waals surface area contributed by atoms with E-state index in [4.69, 9.17) is 5.11 Å². The SMILES string of the molecule is CSc1ccccc1NC(=O)N(C)C(C)(C)C(=O)O. The van der Waals surface area contributed by atoms with Gasteiger partial charge >= 0.3 is 12.0 Å². The van der Waals surface area contributed by atoms with Crippen molar-refractivity contribution in [2.24, 2.45) is 0 Å². The van der Waals surface area contributed by atoms with E-state index in [0.29, 0.717) is 5.69 Å². The van der Waals surface area contributed by atoms with Crippen LogP contribution >= 0.6 is 11.8 Å². The number of urea groups is 1. The summed E-state index contributed by atoms with van der Waals surface area (Å²) in [7, 11) is 1.46. The molecule has 2 amide bonds. The standard InChI is InChI=1S/C13H18N2O3S/c1-13(2,11(16)17)15(3)12(18)14-9-7-5-6-8-10(9)19-4/h5-8H,1-4H3,(H,14,18)(H,16,17). The summed E-state index contributed by atoms with van der Waals surface area (Å²) >= 11 is 1.51. The van der Waals surface area contributed by atoms with E-state index < -0.39 is 17.5 Å². The zero-order chi connectivity index (χ0) is 14.6. The molecule has 0 spiro atoms.